The highest BCUT2D eigenvalue weighted by atomic mass is 32.1. The third kappa shape index (κ3) is 4.00. The highest BCUT2D eigenvalue weighted by Crippen LogP contribution is 2.30. The number of anilines is 1. The molecule has 0 saturated carbocycles. The van der Waals surface area contributed by atoms with Crippen molar-refractivity contribution in [2.24, 2.45) is 0 Å². The Bertz CT molecular complexity index is 885. The highest BCUT2D eigenvalue weighted by molar-refractivity contribution is 7.13. The van der Waals surface area contributed by atoms with E-state index < -0.39 is 0 Å². The van der Waals surface area contributed by atoms with Crippen LogP contribution in [0.4, 0.5) is 5.69 Å². The zero-order valence-corrected chi connectivity index (χ0v) is 15.0. The van der Waals surface area contributed by atoms with E-state index in [1.807, 2.05) is 24.4 Å². The number of nitrogens with one attached hydrogen (secondary N) is 1. The maximum atomic E-state index is 12.2. The number of rotatable bonds is 6. The van der Waals surface area contributed by atoms with E-state index in [1.54, 1.807) is 32.4 Å². The number of carbonyl (C=O) groups is 1. The van der Waals surface area contributed by atoms with E-state index in [4.69, 9.17) is 13.9 Å². The van der Waals surface area contributed by atoms with Gasteiger partial charge in [0.05, 0.1) is 26.3 Å². The number of methoxy groups -OCH3 is 2. The molecule has 0 aliphatic rings. The molecule has 3 aromatic rings. The van der Waals surface area contributed by atoms with Crippen LogP contribution in [0.1, 0.15) is 11.5 Å². The third-order valence-corrected chi connectivity index (χ3v) is 4.42. The average molecular weight is 358 g/mol. The number of nitrogens with zero attached hydrogens (tertiary/aromatic N) is 1. The van der Waals surface area contributed by atoms with Crippen LogP contribution in [0, 0.1) is 6.92 Å². The zero-order valence-electron chi connectivity index (χ0n) is 14.2. The SMILES string of the molecule is COc1ccc(NC(=O)Cc2csc(-c3ccc(C)o3)n2)cc1OC. The number of furan rings is 1. The quantitative estimate of drug-likeness (QED) is 0.723. The van der Waals surface area contributed by atoms with Crippen LogP contribution >= 0.6 is 11.3 Å². The molecule has 130 valence electrons. The summed E-state index contributed by atoms with van der Waals surface area (Å²) in [5, 5.41) is 5.46. The van der Waals surface area contributed by atoms with Gasteiger partial charge < -0.3 is 19.2 Å². The van der Waals surface area contributed by atoms with E-state index >= 15 is 0 Å². The Balaban J connectivity index is 1.66. The smallest absolute Gasteiger partial charge is 0.230 e. The van der Waals surface area contributed by atoms with E-state index in [0.29, 0.717) is 28.6 Å². The number of aromatic nitrogens is 1. The molecular weight excluding hydrogens is 340 g/mol. The summed E-state index contributed by atoms with van der Waals surface area (Å²) in [6.07, 6.45) is 0.185. The van der Waals surface area contributed by atoms with Gasteiger partial charge in [-0.2, -0.15) is 0 Å². The van der Waals surface area contributed by atoms with E-state index in [2.05, 4.69) is 10.3 Å². The summed E-state index contributed by atoms with van der Waals surface area (Å²) >= 11 is 1.45. The van der Waals surface area contributed by atoms with Crippen LogP contribution in [0.15, 0.2) is 40.1 Å². The maximum Gasteiger partial charge on any atom is 0.230 e. The molecule has 1 amide bonds. The number of hydrogen-bond acceptors (Lipinski definition) is 6. The van der Waals surface area contributed by atoms with Crippen LogP contribution < -0.4 is 14.8 Å². The molecule has 3 rings (SSSR count). The molecule has 0 spiro atoms. The highest BCUT2D eigenvalue weighted by Gasteiger charge is 2.12. The molecule has 25 heavy (non-hydrogen) atoms. The first-order valence-corrected chi connectivity index (χ1v) is 8.50. The second kappa shape index (κ2) is 7.40. The fourth-order valence-electron chi connectivity index (χ4n) is 2.33. The Hall–Kier alpha value is -2.80. The molecule has 2 heterocycles. The van der Waals surface area contributed by atoms with Crippen molar-refractivity contribution in [2.45, 2.75) is 13.3 Å². The van der Waals surface area contributed by atoms with E-state index in [0.717, 1.165) is 10.8 Å². The lowest BCUT2D eigenvalue weighted by Gasteiger charge is -2.10. The largest absolute Gasteiger partial charge is 0.493 e. The predicted molar refractivity (Wildman–Crippen MR) is 96.4 cm³/mol. The number of amides is 1. The molecule has 0 radical (unpaired) electrons. The summed E-state index contributed by atoms with van der Waals surface area (Å²) in [4.78, 5) is 16.7. The maximum absolute atomic E-state index is 12.2. The van der Waals surface area contributed by atoms with Crippen molar-refractivity contribution in [2.75, 3.05) is 19.5 Å². The Labute approximate surface area is 149 Å². The molecule has 0 fully saturated rings. The van der Waals surface area contributed by atoms with E-state index in [-0.39, 0.29) is 12.3 Å². The first-order chi connectivity index (χ1) is 12.1. The number of thiazole rings is 1. The first-order valence-electron chi connectivity index (χ1n) is 7.62. The van der Waals surface area contributed by atoms with Gasteiger partial charge in [0.2, 0.25) is 5.91 Å². The lowest BCUT2D eigenvalue weighted by Crippen LogP contribution is -2.14. The van der Waals surface area contributed by atoms with Gasteiger partial charge in [0.25, 0.3) is 0 Å². The van der Waals surface area contributed by atoms with Gasteiger partial charge in [0.1, 0.15) is 5.76 Å². The predicted octanol–water partition coefficient (Wildman–Crippen LogP) is 3.91. The number of carbonyl (C=O) groups excluding carboxylic acids is 1. The van der Waals surface area contributed by atoms with E-state index in [9.17, 15) is 4.79 Å². The summed E-state index contributed by atoms with van der Waals surface area (Å²) in [5.74, 6) is 2.56. The Morgan fingerprint density at radius 2 is 2.00 bits per heavy atom. The summed E-state index contributed by atoms with van der Waals surface area (Å²) in [6.45, 7) is 1.88. The summed E-state index contributed by atoms with van der Waals surface area (Å²) in [6, 6.07) is 8.99. The molecule has 0 aliphatic heterocycles. The van der Waals surface area contributed by atoms with Gasteiger partial charge in [-0.25, -0.2) is 4.98 Å². The fourth-order valence-corrected chi connectivity index (χ4v) is 3.11. The Morgan fingerprint density at radius 3 is 2.68 bits per heavy atom. The molecule has 0 unspecified atom stereocenters. The molecule has 1 aromatic carbocycles. The second-order valence-electron chi connectivity index (χ2n) is 5.35. The molecule has 0 aliphatic carbocycles. The van der Waals surface area contributed by atoms with Crippen molar-refractivity contribution in [1.82, 2.24) is 4.98 Å². The van der Waals surface area contributed by atoms with Crippen LogP contribution in [0.3, 0.4) is 0 Å². The molecule has 0 bridgehead atoms. The normalized spacial score (nSPS) is 10.5. The van der Waals surface area contributed by atoms with E-state index in [1.165, 1.54) is 11.3 Å². The topological polar surface area (TPSA) is 73.6 Å². The van der Waals surface area contributed by atoms with Gasteiger partial charge in [-0.3, -0.25) is 4.79 Å². The molecule has 0 saturated heterocycles. The number of hydrogen-bond donors (Lipinski definition) is 1. The molecule has 2 aromatic heterocycles. The van der Waals surface area contributed by atoms with Gasteiger partial charge in [-0.1, -0.05) is 0 Å². The number of benzene rings is 1. The van der Waals surface area contributed by atoms with Crippen LogP contribution in [0.25, 0.3) is 10.8 Å². The molecular formula is C18H18N2O4S. The third-order valence-electron chi connectivity index (χ3n) is 3.51. The van der Waals surface area contributed by atoms with Crippen LogP contribution in [-0.2, 0) is 11.2 Å². The first kappa shape index (κ1) is 17.0. The van der Waals surface area contributed by atoms with Crippen LogP contribution in [-0.4, -0.2) is 25.1 Å². The zero-order chi connectivity index (χ0) is 17.8. The minimum Gasteiger partial charge on any atom is -0.493 e. The lowest BCUT2D eigenvalue weighted by atomic mass is 10.2. The Morgan fingerprint density at radius 1 is 1.20 bits per heavy atom. The van der Waals surface area contributed by atoms with Gasteiger partial charge in [-0.15, -0.1) is 11.3 Å². The van der Waals surface area contributed by atoms with Crippen molar-refractivity contribution in [3.63, 3.8) is 0 Å². The van der Waals surface area contributed by atoms with Gasteiger partial charge in [0, 0.05) is 17.1 Å². The number of ether oxygens (including phenoxy) is 2. The summed E-state index contributed by atoms with van der Waals surface area (Å²) in [7, 11) is 3.12. The molecule has 6 nitrogen and oxygen atoms in total. The lowest BCUT2D eigenvalue weighted by molar-refractivity contribution is -0.115. The van der Waals surface area contributed by atoms with Crippen molar-refractivity contribution < 1.29 is 18.7 Å². The standard InChI is InChI=1S/C18H18N2O4S/c1-11-4-6-15(24-11)18-20-13(10-25-18)9-17(21)19-12-5-7-14(22-2)16(8-12)23-3/h4-8,10H,9H2,1-3H3,(H,19,21). The minimum atomic E-state index is -0.153. The van der Waals surface area contributed by atoms with Gasteiger partial charge >= 0.3 is 0 Å². The molecule has 0 atom stereocenters. The average Bonchev–Trinajstić information content (AvgIpc) is 3.23. The minimum absolute atomic E-state index is 0.153. The van der Waals surface area contributed by atoms with Crippen molar-refractivity contribution in [3.8, 4) is 22.3 Å². The monoisotopic (exact) mass is 358 g/mol. The van der Waals surface area contributed by atoms with Crippen molar-refractivity contribution in [3.05, 3.63) is 47.2 Å². The van der Waals surface area contributed by atoms with Gasteiger partial charge in [-0.05, 0) is 31.2 Å². The second-order valence-corrected chi connectivity index (χ2v) is 6.21. The Kier molecular flexibility index (Phi) is 5.04. The fraction of sp³-hybridized carbons (Fsp3) is 0.222. The van der Waals surface area contributed by atoms with Crippen LogP contribution in [0.2, 0.25) is 0 Å². The summed E-state index contributed by atoms with van der Waals surface area (Å²) in [5.41, 5.74) is 1.34. The summed E-state index contributed by atoms with van der Waals surface area (Å²) < 4.78 is 16.0. The van der Waals surface area contributed by atoms with Crippen LogP contribution in [0.5, 0.6) is 11.5 Å². The van der Waals surface area contributed by atoms with Crippen molar-refractivity contribution in [1.29, 1.82) is 0 Å². The van der Waals surface area contributed by atoms with Gasteiger partial charge in [0.15, 0.2) is 22.3 Å². The van der Waals surface area contributed by atoms with Crippen molar-refractivity contribution >= 4 is 22.9 Å². The molecule has 7 heteroatoms. The number of aryl methyl sites for hydroxylation is 1. The molecule has 1 N–H and O–H groups in total.